The van der Waals surface area contributed by atoms with Gasteiger partial charge in [-0.05, 0) is 44.5 Å². The van der Waals surface area contributed by atoms with Gasteiger partial charge in [-0.1, -0.05) is 39.0 Å². The van der Waals surface area contributed by atoms with Gasteiger partial charge < -0.3 is 49.8 Å². The Morgan fingerprint density at radius 2 is 1.74 bits per heavy atom. The number of phenols is 2. The number of amides is 1. The first-order valence-electron chi connectivity index (χ1n) is 19.1. The zero-order valence-corrected chi connectivity index (χ0v) is 33.9. The fourth-order valence-corrected chi connectivity index (χ4v) is 8.07. The van der Waals surface area contributed by atoms with Crippen LogP contribution in [-0.4, -0.2) is 96.5 Å². The van der Waals surface area contributed by atoms with Gasteiger partial charge >= 0.3 is 11.8 Å². The molecule has 4 aromatic rings. The standard InChI is InChI=1S/C43H51N3O12/c1-19-13-15-46-28(17-19)44-32-29-30-37(51)24(6)40-31(29)41(53)43(8,58-40)56-16-14-27(55-9)22(4)39(57-25(7)48)23(5)36(50)26(18-47)35(49)20(2)11-10-12-21(3)42(54)45-33(34(32)46)38(30)52/h10-17,20,22-23,26-27,35-36,39,47,49-52H,18H2,1-9H3,(H,45,54)/b11-10+,16-14+,21-12-/t20-,22+,23+,26+,27-,35-,36-,39+,43-/m0/s1. The van der Waals surface area contributed by atoms with Crippen LogP contribution in [0.5, 0.6) is 17.2 Å². The summed E-state index contributed by atoms with van der Waals surface area (Å²) in [6, 6.07) is 3.61. The van der Waals surface area contributed by atoms with E-state index in [2.05, 4.69) is 5.32 Å². The minimum absolute atomic E-state index is 0.000635. The molecule has 2 aliphatic rings. The lowest BCUT2D eigenvalue weighted by Gasteiger charge is -2.38. The maximum absolute atomic E-state index is 14.6. The zero-order chi connectivity index (χ0) is 42.5. The number of aromatic hydroxyl groups is 2. The summed E-state index contributed by atoms with van der Waals surface area (Å²) in [5.74, 6) is -7.95. The van der Waals surface area contributed by atoms with Gasteiger partial charge in [-0.15, -0.1) is 0 Å². The number of fused-ring (bicyclic) bond motifs is 2. The second-order valence-electron chi connectivity index (χ2n) is 15.6. The number of esters is 1. The van der Waals surface area contributed by atoms with Gasteiger partial charge in [0.2, 0.25) is 0 Å². The molecule has 9 atom stereocenters. The topological polar surface area (TPSA) is 219 Å². The number of aliphatic hydroxyl groups is 3. The number of imidazole rings is 1. The van der Waals surface area contributed by atoms with Crippen molar-refractivity contribution >= 4 is 50.8 Å². The van der Waals surface area contributed by atoms with Crippen molar-refractivity contribution < 1.29 is 58.9 Å². The highest BCUT2D eigenvalue weighted by atomic mass is 16.7. The van der Waals surface area contributed by atoms with Crippen LogP contribution in [0.15, 0.2) is 54.5 Å². The van der Waals surface area contributed by atoms with Crippen molar-refractivity contribution in [3.63, 3.8) is 0 Å². The Morgan fingerprint density at radius 3 is 2.40 bits per heavy atom. The number of carbonyl (C=O) groups excluding carboxylic acids is 3. The number of methoxy groups -OCH3 is 1. The molecule has 2 aromatic heterocycles. The van der Waals surface area contributed by atoms with Gasteiger partial charge in [-0.3, -0.25) is 18.8 Å². The molecule has 2 aromatic carbocycles. The monoisotopic (exact) mass is 801 g/mol. The van der Waals surface area contributed by atoms with Crippen molar-refractivity contribution in [2.45, 2.75) is 85.6 Å². The third-order valence-corrected chi connectivity index (χ3v) is 11.5. The average molecular weight is 802 g/mol. The van der Waals surface area contributed by atoms with Gasteiger partial charge in [0.1, 0.15) is 40.0 Å². The molecule has 6 N–H and O–H groups in total. The minimum atomic E-state index is -1.99. The fraction of sp³-hybridized carbons (Fsp3) is 0.442. The number of nitrogens with zero attached hydrogens (tertiary/aromatic N) is 2. The first-order chi connectivity index (χ1) is 27.4. The SMILES string of the molecule is CO[C@H]1/C=C/O[C@@]2(C)Oc3c(C)c(O)c4c(O)c(c5c(nc6cc(C)ccn65)c4c3C2=O)NC(=O)/C(C)=C\C=C\[C@H](C)[C@H](O)[C@@H](CO)[C@@H](O)[C@@H](C)[C@H](OC(C)=O)[C@@H]1C. The maximum atomic E-state index is 14.6. The molecule has 15 nitrogen and oxygen atoms in total. The van der Waals surface area contributed by atoms with E-state index in [1.165, 1.54) is 46.3 Å². The molecular weight excluding hydrogens is 750 g/mol. The van der Waals surface area contributed by atoms with Gasteiger partial charge in [0.05, 0.1) is 42.1 Å². The van der Waals surface area contributed by atoms with Crippen molar-refractivity contribution in [1.29, 1.82) is 0 Å². The summed E-state index contributed by atoms with van der Waals surface area (Å²) < 4.78 is 25.4. The van der Waals surface area contributed by atoms with Crippen molar-refractivity contribution in [3.8, 4) is 17.2 Å². The largest absolute Gasteiger partial charge is 0.507 e. The van der Waals surface area contributed by atoms with Crippen molar-refractivity contribution in [2.75, 3.05) is 19.0 Å². The molecule has 0 radical (unpaired) electrons. The van der Waals surface area contributed by atoms with E-state index in [1.807, 2.05) is 13.0 Å². The molecule has 0 unspecified atom stereocenters. The molecular formula is C43H51N3O12. The summed E-state index contributed by atoms with van der Waals surface area (Å²) in [6.07, 6.45) is 4.68. The smallest absolute Gasteiger partial charge is 0.312 e. The number of allylic oxidation sites excluding steroid dienone is 2. The van der Waals surface area contributed by atoms with E-state index in [1.54, 1.807) is 56.5 Å². The lowest BCUT2D eigenvalue weighted by atomic mass is 9.78. The number of aromatic nitrogens is 2. The number of rotatable bonds is 3. The average Bonchev–Trinajstić information content (AvgIpc) is 3.68. The first kappa shape index (κ1) is 42.1. The Labute approximate surface area is 335 Å². The van der Waals surface area contributed by atoms with Gasteiger partial charge in [0, 0.05) is 67.3 Å². The molecule has 4 heterocycles. The Hall–Kier alpha value is -5.48. The third-order valence-electron chi connectivity index (χ3n) is 11.5. The van der Waals surface area contributed by atoms with Gasteiger partial charge in [-0.25, -0.2) is 4.98 Å². The van der Waals surface area contributed by atoms with Crippen LogP contribution in [0.3, 0.4) is 0 Å². The molecule has 0 saturated carbocycles. The zero-order valence-electron chi connectivity index (χ0n) is 33.9. The molecule has 0 fully saturated rings. The van der Waals surface area contributed by atoms with E-state index in [4.69, 9.17) is 23.9 Å². The van der Waals surface area contributed by atoms with E-state index in [0.717, 1.165) is 5.56 Å². The van der Waals surface area contributed by atoms with Crippen molar-refractivity contribution in [1.82, 2.24) is 9.38 Å². The number of ether oxygens (including phenoxy) is 4. The van der Waals surface area contributed by atoms with Crippen LogP contribution in [0.1, 0.15) is 63.0 Å². The molecule has 0 aliphatic carbocycles. The summed E-state index contributed by atoms with van der Waals surface area (Å²) >= 11 is 0. The molecule has 4 bridgehead atoms. The highest BCUT2D eigenvalue weighted by Gasteiger charge is 2.50. The van der Waals surface area contributed by atoms with E-state index < -0.39 is 89.6 Å². The summed E-state index contributed by atoms with van der Waals surface area (Å²) in [6.45, 7) is 12.0. The van der Waals surface area contributed by atoms with Crippen molar-refractivity contribution in [3.05, 3.63) is 71.2 Å². The predicted molar refractivity (Wildman–Crippen MR) is 215 cm³/mol. The van der Waals surface area contributed by atoms with Gasteiger partial charge in [-0.2, -0.15) is 0 Å². The normalized spacial score (nSPS) is 30.5. The van der Waals surface area contributed by atoms with E-state index in [9.17, 15) is 39.9 Å². The summed E-state index contributed by atoms with van der Waals surface area (Å²) in [5, 5.41) is 59.8. The first-order valence-corrected chi connectivity index (χ1v) is 19.1. The number of hydrogen-bond donors (Lipinski definition) is 6. The second kappa shape index (κ2) is 16.0. The highest BCUT2D eigenvalue weighted by Crippen LogP contribution is 2.54. The number of anilines is 1. The van der Waals surface area contributed by atoms with E-state index >= 15 is 0 Å². The van der Waals surface area contributed by atoms with Crippen LogP contribution in [0.25, 0.3) is 27.5 Å². The number of Topliss-reactive ketones (excluding diaryl/α,β-unsaturated/α-hetero) is 1. The number of phenolic OH excluding ortho intramolecular Hbond substituents is 2. The molecule has 15 heteroatoms. The number of aryl methyl sites for hydroxylation is 1. The van der Waals surface area contributed by atoms with Crippen LogP contribution in [0.2, 0.25) is 0 Å². The molecule has 2 aliphatic heterocycles. The third kappa shape index (κ3) is 7.16. The number of aliphatic hydroxyl groups excluding tert-OH is 3. The fourth-order valence-electron chi connectivity index (χ4n) is 8.07. The number of benzene rings is 2. The molecule has 6 rings (SSSR count). The second-order valence-corrected chi connectivity index (χ2v) is 15.6. The van der Waals surface area contributed by atoms with Crippen LogP contribution in [0, 0.1) is 37.5 Å². The lowest BCUT2D eigenvalue weighted by molar-refractivity contribution is -0.161. The maximum Gasteiger partial charge on any atom is 0.312 e. The Morgan fingerprint density at radius 1 is 1.03 bits per heavy atom. The lowest BCUT2D eigenvalue weighted by Crippen LogP contribution is -2.48. The summed E-state index contributed by atoms with van der Waals surface area (Å²) in [7, 11) is 1.43. The number of nitrogens with one attached hydrogen (secondary N) is 1. The minimum Gasteiger partial charge on any atom is -0.507 e. The summed E-state index contributed by atoms with van der Waals surface area (Å²) in [4.78, 5) is 45.6. The Bertz CT molecular complexity index is 2400. The molecule has 310 valence electrons. The predicted octanol–water partition coefficient (Wildman–Crippen LogP) is 5.13. The van der Waals surface area contributed by atoms with Gasteiger partial charge in [0.15, 0.2) is 5.75 Å². The molecule has 0 saturated heterocycles. The number of carbonyl (C=O) groups is 3. The Kier molecular flexibility index (Phi) is 11.7. The highest BCUT2D eigenvalue weighted by molar-refractivity contribution is 6.28. The van der Waals surface area contributed by atoms with Crippen LogP contribution in [0.4, 0.5) is 5.69 Å². The molecule has 0 spiro atoms. The molecule has 58 heavy (non-hydrogen) atoms. The van der Waals surface area contributed by atoms with Crippen LogP contribution >= 0.6 is 0 Å². The molecule has 1 amide bonds. The number of ketones is 1. The Balaban J connectivity index is 1.58. The quantitative estimate of drug-likeness (QED) is 0.117. The van der Waals surface area contributed by atoms with Crippen LogP contribution < -0.4 is 10.1 Å². The summed E-state index contributed by atoms with van der Waals surface area (Å²) in [5.41, 5.74) is 2.00. The van der Waals surface area contributed by atoms with Crippen molar-refractivity contribution in [2.24, 2.45) is 23.7 Å². The van der Waals surface area contributed by atoms with Gasteiger partial charge in [0.25, 0.3) is 11.7 Å². The van der Waals surface area contributed by atoms with Crippen LogP contribution in [-0.2, 0) is 23.8 Å². The number of hydrogen-bond acceptors (Lipinski definition) is 13. The van der Waals surface area contributed by atoms with E-state index in [0.29, 0.717) is 5.65 Å². The number of pyridine rings is 1. The van der Waals surface area contributed by atoms with E-state index in [-0.39, 0.29) is 49.9 Å².